The summed E-state index contributed by atoms with van der Waals surface area (Å²) >= 11 is 0. The Labute approximate surface area is 188 Å². The third-order valence-electron chi connectivity index (χ3n) is 5.70. The summed E-state index contributed by atoms with van der Waals surface area (Å²) in [4.78, 5) is 62.5. The normalized spacial score (nSPS) is 19.7. The van der Waals surface area contributed by atoms with Gasteiger partial charge in [-0.2, -0.15) is 0 Å². The topological polar surface area (TPSA) is 185 Å². The number of amides is 4. The molecule has 4 amide bonds. The molecule has 5 atom stereocenters. The third-order valence-corrected chi connectivity index (χ3v) is 5.70. The molecule has 1 fully saturated rings. The van der Waals surface area contributed by atoms with E-state index in [2.05, 4.69) is 10.6 Å². The summed E-state index contributed by atoms with van der Waals surface area (Å²) in [6, 6.07) is -3.99. The van der Waals surface area contributed by atoms with E-state index < -0.39 is 60.2 Å². The molecule has 1 aliphatic heterocycles. The van der Waals surface area contributed by atoms with Crippen LogP contribution in [-0.4, -0.2) is 70.3 Å². The first-order valence-corrected chi connectivity index (χ1v) is 11.1. The predicted molar refractivity (Wildman–Crippen MR) is 117 cm³/mol. The molecule has 182 valence electrons. The number of primary amides is 1. The minimum absolute atomic E-state index is 0.205. The number of carboxylic acid groups (broad SMARTS) is 1. The first-order chi connectivity index (χ1) is 14.9. The molecule has 0 radical (unpaired) electrons. The van der Waals surface area contributed by atoms with E-state index in [1.54, 1.807) is 0 Å². The van der Waals surface area contributed by atoms with Gasteiger partial charge in [-0.25, -0.2) is 4.79 Å². The summed E-state index contributed by atoms with van der Waals surface area (Å²) < 4.78 is 0. The van der Waals surface area contributed by atoms with Crippen LogP contribution < -0.4 is 22.1 Å². The van der Waals surface area contributed by atoms with E-state index in [1.165, 1.54) is 4.90 Å². The van der Waals surface area contributed by atoms with Gasteiger partial charge in [0.2, 0.25) is 23.6 Å². The Balaban J connectivity index is 2.98. The van der Waals surface area contributed by atoms with Crippen molar-refractivity contribution in [3.63, 3.8) is 0 Å². The molecule has 0 spiro atoms. The number of aliphatic carboxylic acids is 1. The minimum atomic E-state index is -1.48. The molecule has 32 heavy (non-hydrogen) atoms. The maximum Gasteiger partial charge on any atom is 0.326 e. The monoisotopic (exact) mass is 455 g/mol. The van der Waals surface area contributed by atoms with Gasteiger partial charge in [-0.1, -0.05) is 34.1 Å². The van der Waals surface area contributed by atoms with Gasteiger partial charge in [-0.15, -0.1) is 0 Å². The molecule has 1 aliphatic rings. The second-order valence-electron chi connectivity index (χ2n) is 8.87. The highest BCUT2D eigenvalue weighted by molar-refractivity contribution is 5.95. The van der Waals surface area contributed by atoms with Crippen molar-refractivity contribution in [1.82, 2.24) is 15.5 Å². The Hall–Kier alpha value is -2.69. The molecule has 0 saturated carbocycles. The summed E-state index contributed by atoms with van der Waals surface area (Å²) in [5.41, 5.74) is 11.0. The van der Waals surface area contributed by atoms with Crippen LogP contribution in [-0.2, 0) is 24.0 Å². The predicted octanol–water partition coefficient (Wildman–Crippen LogP) is -0.673. The number of hydrogen-bond donors (Lipinski definition) is 5. The zero-order valence-electron chi connectivity index (χ0n) is 19.3. The minimum Gasteiger partial charge on any atom is -0.480 e. The maximum absolute atomic E-state index is 13.3. The largest absolute Gasteiger partial charge is 0.480 e. The molecule has 0 aromatic rings. The van der Waals surface area contributed by atoms with E-state index in [0.29, 0.717) is 32.2 Å². The van der Waals surface area contributed by atoms with Gasteiger partial charge in [0.25, 0.3) is 0 Å². The highest BCUT2D eigenvalue weighted by Crippen LogP contribution is 2.22. The molecule has 0 aliphatic carbocycles. The Morgan fingerprint density at radius 2 is 1.75 bits per heavy atom. The first kappa shape index (κ1) is 27.3. The zero-order valence-corrected chi connectivity index (χ0v) is 19.3. The fourth-order valence-corrected chi connectivity index (χ4v) is 3.71. The summed E-state index contributed by atoms with van der Waals surface area (Å²) in [5, 5.41) is 14.3. The van der Waals surface area contributed by atoms with Crippen molar-refractivity contribution in [2.75, 3.05) is 6.54 Å². The molecular weight excluding hydrogens is 418 g/mol. The van der Waals surface area contributed by atoms with Crippen LogP contribution in [0.2, 0.25) is 0 Å². The fraction of sp³-hybridized carbons (Fsp3) is 0.762. The van der Waals surface area contributed by atoms with Crippen LogP contribution in [0.1, 0.15) is 59.8 Å². The Morgan fingerprint density at radius 1 is 1.12 bits per heavy atom. The molecule has 0 aromatic carbocycles. The highest BCUT2D eigenvalue weighted by atomic mass is 16.4. The van der Waals surface area contributed by atoms with Crippen LogP contribution in [0.15, 0.2) is 0 Å². The lowest BCUT2D eigenvalue weighted by atomic mass is 9.96. The van der Waals surface area contributed by atoms with Crippen molar-refractivity contribution in [3.05, 3.63) is 0 Å². The Bertz CT molecular complexity index is 713. The SMILES string of the molecule is CCC(C)C(NC(=O)C(N)CC(C)C)C(=O)N1CCCC1C(=O)NC(CC(N)=O)C(=O)O. The average Bonchev–Trinajstić information content (AvgIpc) is 3.19. The summed E-state index contributed by atoms with van der Waals surface area (Å²) in [7, 11) is 0. The summed E-state index contributed by atoms with van der Waals surface area (Å²) in [6.07, 6.45) is 1.42. The van der Waals surface area contributed by atoms with Crippen LogP contribution in [0.25, 0.3) is 0 Å². The lowest BCUT2D eigenvalue weighted by Crippen LogP contribution is -2.58. The van der Waals surface area contributed by atoms with E-state index in [0.717, 1.165) is 0 Å². The van der Waals surface area contributed by atoms with E-state index in [4.69, 9.17) is 11.5 Å². The number of nitrogens with zero attached hydrogens (tertiary/aromatic N) is 1. The van der Waals surface area contributed by atoms with Crippen molar-refractivity contribution >= 4 is 29.6 Å². The fourth-order valence-electron chi connectivity index (χ4n) is 3.71. The number of carbonyl (C=O) groups is 5. The number of carbonyl (C=O) groups excluding carboxylic acids is 4. The Kier molecular flexibility index (Phi) is 10.6. The number of hydrogen-bond acceptors (Lipinski definition) is 6. The van der Waals surface area contributed by atoms with Crippen LogP contribution in [0.4, 0.5) is 0 Å². The number of nitrogens with one attached hydrogen (secondary N) is 2. The van der Waals surface area contributed by atoms with Gasteiger partial charge in [0.1, 0.15) is 18.1 Å². The standard InChI is InChI=1S/C21H37N5O6/c1-5-12(4)17(25-18(28)13(22)9-11(2)3)20(30)26-8-6-7-15(26)19(29)24-14(21(31)32)10-16(23)27/h11-15,17H,5-10,22H2,1-4H3,(H2,23,27)(H,24,29)(H,25,28)(H,31,32). The highest BCUT2D eigenvalue weighted by Gasteiger charge is 2.40. The van der Waals surface area contributed by atoms with Crippen molar-refractivity contribution < 1.29 is 29.1 Å². The molecule has 7 N–H and O–H groups in total. The summed E-state index contributed by atoms with van der Waals surface area (Å²) in [6.45, 7) is 7.90. The van der Waals surface area contributed by atoms with Crippen molar-refractivity contribution in [2.24, 2.45) is 23.3 Å². The molecular formula is C21H37N5O6. The molecule has 11 nitrogen and oxygen atoms in total. The molecule has 5 unspecified atom stereocenters. The van der Waals surface area contributed by atoms with Crippen LogP contribution in [0, 0.1) is 11.8 Å². The van der Waals surface area contributed by atoms with Gasteiger partial charge in [-0.05, 0) is 31.1 Å². The number of nitrogens with two attached hydrogens (primary N) is 2. The van der Waals surface area contributed by atoms with Gasteiger partial charge in [0.05, 0.1) is 12.5 Å². The Morgan fingerprint density at radius 3 is 2.25 bits per heavy atom. The van der Waals surface area contributed by atoms with Gasteiger partial charge >= 0.3 is 5.97 Å². The van der Waals surface area contributed by atoms with Crippen LogP contribution >= 0.6 is 0 Å². The van der Waals surface area contributed by atoms with E-state index in [1.807, 2.05) is 27.7 Å². The van der Waals surface area contributed by atoms with Gasteiger partial charge < -0.3 is 32.1 Å². The second-order valence-corrected chi connectivity index (χ2v) is 8.87. The third kappa shape index (κ3) is 7.77. The second kappa shape index (κ2) is 12.4. The van der Waals surface area contributed by atoms with E-state index in [9.17, 15) is 29.1 Å². The van der Waals surface area contributed by atoms with Crippen molar-refractivity contribution in [2.45, 2.75) is 84.0 Å². The van der Waals surface area contributed by atoms with Crippen LogP contribution in [0.3, 0.4) is 0 Å². The number of likely N-dealkylation sites (tertiary alicyclic amines) is 1. The molecule has 1 saturated heterocycles. The molecule has 0 bridgehead atoms. The van der Waals surface area contributed by atoms with Gasteiger partial charge in [0, 0.05) is 6.54 Å². The quantitative estimate of drug-likeness (QED) is 0.258. The van der Waals surface area contributed by atoms with E-state index in [-0.39, 0.29) is 11.8 Å². The molecule has 1 rings (SSSR count). The number of rotatable bonds is 12. The van der Waals surface area contributed by atoms with Crippen molar-refractivity contribution in [1.29, 1.82) is 0 Å². The van der Waals surface area contributed by atoms with Gasteiger partial charge in [0.15, 0.2) is 0 Å². The molecule has 1 heterocycles. The number of carboxylic acids is 1. The molecule has 0 aromatic heterocycles. The first-order valence-electron chi connectivity index (χ1n) is 11.1. The average molecular weight is 456 g/mol. The van der Waals surface area contributed by atoms with E-state index >= 15 is 0 Å². The molecule has 11 heteroatoms. The summed E-state index contributed by atoms with van der Waals surface area (Å²) in [5.74, 6) is -3.76. The lowest BCUT2D eigenvalue weighted by molar-refractivity contribution is -0.146. The zero-order chi connectivity index (χ0) is 24.6. The van der Waals surface area contributed by atoms with Crippen LogP contribution in [0.5, 0.6) is 0 Å². The van der Waals surface area contributed by atoms with Crippen molar-refractivity contribution in [3.8, 4) is 0 Å². The smallest absolute Gasteiger partial charge is 0.326 e. The lowest BCUT2D eigenvalue weighted by Gasteiger charge is -2.32. The maximum atomic E-state index is 13.3. The van der Waals surface area contributed by atoms with Gasteiger partial charge in [-0.3, -0.25) is 19.2 Å².